The fourth-order valence-corrected chi connectivity index (χ4v) is 1.53. The number of benzene rings is 1. The van der Waals surface area contributed by atoms with E-state index < -0.39 is 0 Å². The predicted octanol–water partition coefficient (Wildman–Crippen LogP) is 1.79. The van der Waals surface area contributed by atoms with Crippen LogP contribution >= 0.6 is 0 Å². The van der Waals surface area contributed by atoms with E-state index in [2.05, 4.69) is 27.4 Å². The van der Waals surface area contributed by atoms with Crippen LogP contribution in [0.1, 0.15) is 19.2 Å². The molecule has 6 heteroatoms. The van der Waals surface area contributed by atoms with Crippen molar-refractivity contribution in [2.45, 2.75) is 19.9 Å². The molecule has 0 aliphatic carbocycles. The Balaban J connectivity index is 2.00. The average molecular weight is 247 g/mol. The van der Waals surface area contributed by atoms with Gasteiger partial charge in [-0.2, -0.15) is 5.10 Å². The number of nitrogens with one attached hydrogen (secondary N) is 2. The fourth-order valence-electron chi connectivity index (χ4n) is 1.53. The zero-order valence-corrected chi connectivity index (χ0v) is 10.3. The van der Waals surface area contributed by atoms with Gasteiger partial charge in [-0.3, -0.25) is 5.10 Å². The first-order valence-corrected chi connectivity index (χ1v) is 5.89. The summed E-state index contributed by atoms with van der Waals surface area (Å²) >= 11 is 0. The van der Waals surface area contributed by atoms with Crippen molar-refractivity contribution >= 4 is 11.4 Å². The average Bonchev–Trinajstić information content (AvgIpc) is 2.86. The largest absolute Gasteiger partial charge is 0.493 e. The summed E-state index contributed by atoms with van der Waals surface area (Å²) in [6.45, 7) is 3.32. The van der Waals surface area contributed by atoms with E-state index >= 15 is 0 Å². The first kappa shape index (κ1) is 12.2. The summed E-state index contributed by atoms with van der Waals surface area (Å²) in [6, 6.07) is 5.59. The van der Waals surface area contributed by atoms with E-state index in [0.29, 0.717) is 18.8 Å². The second kappa shape index (κ2) is 5.90. The summed E-state index contributed by atoms with van der Waals surface area (Å²) in [5, 5.41) is 9.78. The highest BCUT2D eigenvalue weighted by molar-refractivity contribution is 5.59. The Labute approximate surface area is 106 Å². The molecule has 0 bridgehead atoms. The lowest BCUT2D eigenvalue weighted by Gasteiger charge is -2.10. The van der Waals surface area contributed by atoms with Crippen LogP contribution < -0.4 is 15.8 Å². The first-order valence-electron chi connectivity index (χ1n) is 5.89. The molecule has 6 nitrogen and oxygen atoms in total. The Kier molecular flexibility index (Phi) is 4.01. The van der Waals surface area contributed by atoms with Gasteiger partial charge in [-0.1, -0.05) is 6.92 Å². The lowest BCUT2D eigenvalue weighted by atomic mass is 10.2. The third-order valence-electron chi connectivity index (χ3n) is 2.33. The minimum absolute atomic E-state index is 0.566. The molecule has 0 aliphatic heterocycles. The second-order valence-electron chi connectivity index (χ2n) is 3.92. The monoisotopic (exact) mass is 247 g/mol. The molecule has 0 spiro atoms. The van der Waals surface area contributed by atoms with Crippen molar-refractivity contribution in [3.8, 4) is 5.75 Å². The van der Waals surface area contributed by atoms with Gasteiger partial charge in [-0.05, 0) is 12.5 Å². The number of aromatic amines is 1. The van der Waals surface area contributed by atoms with Gasteiger partial charge in [0, 0.05) is 23.5 Å². The van der Waals surface area contributed by atoms with Crippen molar-refractivity contribution in [1.82, 2.24) is 15.2 Å². The summed E-state index contributed by atoms with van der Waals surface area (Å²) in [5.41, 5.74) is 7.39. The number of aromatic nitrogens is 3. The Bertz CT molecular complexity index is 483. The minimum Gasteiger partial charge on any atom is -0.493 e. The van der Waals surface area contributed by atoms with E-state index in [1.165, 1.54) is 6.33 Å². The summed E-state index contributed by atoms with van der Waals surface area (Å²) in [7, 11) is 0. The van der Waals surface area contributed by atoms with Gasteiger partial charge < -0.3 is 15.8 Å². The van der Waals surface area contributed by atoms with Crippen LogP contribution in [0.4, 0.5) is 11.4 Å². The van der Waals surface area contributed by atoms with Crippen LogP contribution in [0.25, 0.3) is 0 Å². The molecule has 1 heterocycles. The van der Waals surface area contributed by atoms with Gasteiger partial charge in [0.25, 0.3) is 0 Å². The smallest absolute Gasteiger partial charge is 0.143 e. The van der Waals surface area contributed by atoms with Crippen LogP contribution in [0.3, 0.4) is 0 Å². The maximum absolute atomic E-state index is 5.82. The first-order chi connectivity index (χ1) is 8.78. The van der Waals surface area contributed by atoms with E-state index in [0.717, 1.165) is 23.7 Å². The summed E-state index contributed by atoms with van der Waals surface area (Å²) in [4.78, 5) is 4.03. The summed E-state index contributed by atoms with van der Waals surface area (Å²) in [5.74, 6) is 1.55. The lowest BCUT2D eigenvalue weighted by molar-refractivity contribution is 0.318. The Morgan fingerprint density at radius 3 is 3.00 bits per heavy atom. The molecular formula is C12H17N5O. The van der Waals surface area contributed by atoms with Crippen molar-refractivity contribution in [3.05, 3.63) is 30.4 Å². The van der Waals surface area contributed by atoms with Crippen LogP contribution in [0.2, 0.25) is 0 Å². The molecule has 0 unspecified atom stereocenters. The molecule has 1 aromatic carbocycles. The predicted molar refractivity (Wildman–Crippen MR) is 70.3 cm³/mol. The molecule has 0 amide bonds. The molecular weight excluding hydrogens is 230 g/mol. The molecule has 2 rings (SSSR count). The van der Waals surface area contributed by atoms with Crippen molar-refractivity contribution in [2.24, 2.45) is 0 Å². The van der Waals surface area contributed by atoms with Crippen LogP contribution in [0.15, 0.2) is 24.5 Å². The number of rotatable bonds is 6. The molecule has 0 saturated heterocycles. The number of nitrogens with zero attached hydrogens (tertiary/aromatic N) is 2. The number of ether oxygens (including phenoxy) is 1. The highest BCUT2D eigenvalue weighted by Crippen LogP contribution is 2.23. The van der Waals surface area contributed by atoms with Gasteiger partial charge >= 0.3 is 0 Å². The molecule has 0 atom stereocenters. The van der Waals surface area contributed by atoms with Crippen LogP contribution in [-0.4, -0.2) is 21.8 Å². The molecule has 0 fully saturated rings. The van der Waals surface area contributed by atoms with E-state index in [9.17, 15) is 0 Å². The quantitative estimate of drug-likeness (QED) is 0.677. The van der Waals surface area contributed by atoms with Gasteiger partial charge in [0.2, 0.25) is 0 Å². The number of nitrogens with two attached hydrogens (primary N) is 1. The van der Waals surface area contributed by atoms with Crippen molar-refractivity contribution in [2.75, 3.05) is 17.7 Å². The van der Waals surface area contributed by atoms with Gasteiger partial charge in [0.1, 0.15) is 17.9 Å². The van der Waals surface area contributed by atoms with Crippen molar-refractivity contribution in [3.63, 3.8) is 0 Å². The SMILES string of the molecule is CCCOc1cc(N)cc(NCc2ncn[nH]2)c1. The van der Waals surface area contributed by atoms with Gasteiger partial charge in [-0.15, -0.1) is 0 Å². The Morgan fingerprint density at radius 2 is 2.28 bits per heavy atom. The topological polar surface area (TPSA) is 88.8 Å². The number of anilines is 2. The van der Waals surface area contributed by atoms with E-state index in [4.69, 9.17) is 10.5 Å². The fraction of sp³-hybridized carbons (Fsp3) is 0.333. The van der Waals surface area contributed by atoms with E-state index in [1.807, 2.05) is 18.2 Å². The maximum Gasteiger partial charge on any atom is 0.143 e. The highest BCUT2D eigenvalue weighted by atomic mass is 16.5. The van der Waals surface area contributed by atoms with Gasteiger partial charge in [0.05, 0.1) is 13.2 Å². The number of nitrogen functional groups attached to an aromatic ring is 1. The third-order valence-corrected chi connectivity index (χ3v) is 2.33. The minimum atomic E-state index is 0.566. The lowest BCUT2D eigenvalue weighted by Crippen LogP contribution is -2.03. The van der Waals surface area contributed by atoms with Crippen molar-refractivity contribution in [1.29, 1.82) is 0 Å². The van der Waals surface area contributed by atoms with Crippen LogP contribution in [0.5, 0.6) is 5.75 Å². The van der Waals surface area contributed by atoms with Gasteiger partial charge in [-0.25, -0.2) is 4.98 Å². The van der Waals surface area contributed by atoms with E-state index in [-0.39, 0.29) is 0 Å². The number of H-pyrrole nitrogens is 1. The number of hydrogen-bond acceptors (Lipinski definition) is 5. The molecule has 0 radical (unpaired) electrons. The van der Waals surface area contributed by atoms with Crippen LogP contribution in [0, 0.1) is 0 Å². The van der Waals surface area contributed by atoms with Gasteiger partial charge in [0.15, 0.2) is 0 Å². The molecule has 1 aromatic heterocycles. The summed E-state index contributed by atoms with van der Waals surface area (Å²) < 4.78 is 5.56. The third kappa shape index (κ3) is 3.38. The number of hydrogen-bond donors (Lipinski definition) is 3. The Morgan fingerprint density at radius 1 is 1.39 bits per heavy atom. The Hall–Kier alpha value is -2.24. The molecule has 96 valence electrons. The second-order valence-corrected chi connectivity index (χ2v) is 3.92. The highest BCUT2D eigenvalue weighted by Gasteiger charge is 2.01. The molecule has 18 heavy (non-hydrogen) atoms. The molecule has 2 aromatic rings. The van der Waals surface area contributed by atoms with Crippen LogP contribution in [-0.2, 0) is 6.54 Å². The summed E-state index contributed by atoms with van der Waals surface area (Å²) in [6.07, 6.45) is 2.45. The molecule has 4 N–H and O–H groups in total. The standard InChI is InChI=1S/C12H17N5O/c1-2-3-18-11-5-9(13)4-10(6-11)14-7-12-15-8-16-17-12/h4-6,8,14H,2-3,7,13H2,1H3,(H,15,16,17). The van der Waals surface area contributed by atoms with E-state index in [1.54, 1.807) is 0 Å². The molecule has 0 aliphatic rings. The zero-order chi connectivity index (χ0) is 12.8. The maximum atomic E-state index is 5.82. The van der Waals surface area contributed by atoms with Crippen molar-refractivity contribution < 1.29 is 4.74 Å². The molecule has 0 saturated carbocycles. The zero-order valence-electron chi connectivity index (χ0n) is 10.3. The normalized spacial score (nSPS) is 10.3.